The fraction of sp³-hybridized carbons (Fsp3) is 0.417. The summed E-state index contributed by atoms with van der Waals surface area (Å²) in [7, 11) is -1.63. The number of ether oxygens (including phenoxy) is 1. The molecule has 1 atom stereocenters. The van der Waals surface area contributed by atoms with Crippen LogP contribution in [0.3, 0.4) is 0 Å². The molecule has 0 radical (unpaired) electrons. The molecule has 0 saturated carbocycles. The van der Waals surface area contributed by atoms with Crippen LogP contribution in [0.4, 0.5) is 5.69 Å². The molecule has 6 nitrogen and oxygen atoms in total. The summed E-state index contributed by atoms with van der Waals surface area (Å²) in [5.41, 5.74) is 6.18. The molecule has 3 N–H and O–H groups in total. The van der Waals surface area contributed by atoms with Gasteiger partial charge < -0.3 is 15.8 Å². The number of carbonyl (C=O) groups is 1. The van der Waals surface area contributed by atoms with Gasteiger partial charge in [0.15, 0.2) is 9.84 Å². The average Bonchev–Trinajstić information content (AvgIpc) is 2.71. The number of methoxy groups -OCH3 is 1. The topological polar surface area (TPSA) is 98.5 Å². The van der Waals surface area contributed by atoms with E-state index in [1.807, 2.05) is 0 Å². The van der Waals surface area contributed by atoms with E-state index < -0.39 is 15.7 Å². The third-order valence-corrected chi connectivity index (χ3v) is 5.23. The minimum absolute atomic E-state index is 0.0379. The fourth-order valence-corrected chi connectivity index (χ4v) is 3.92. The Hall–Kier alpha value is -1.47. The molecule has 8 heteroatoms. The summed E-state index contributed by atoms with van der Waals surface area (Å²) in [6.07, 6.45) is 0.416. The molecule has 0 spiro atoms. The molecule has 0 aromatic heterocycles. The lowest BCUT2D eigenvalue weighted by Gasteiger charge is -2.14. The van der Waals surface area contributed by atoms with Crippen molar-refractivity contribution >= 4 is 33.0 Å². The minimum atomic E-state index is -3.05. The van der Waals surface area contributed by atoms with Gasteiger partial charge in [0.1, 0.15) is 5.75 Å². The number of nitrogens with one attached hydrogen (secondary N) is 1. The number of sulfone groups is 1. The van der Waals surface area contributed by atoms with Gasteiger partial charge in [-0.15, -0.1) is 0 Å². The Morgan fingerprint density at radius 3 is 2.75 bits per heavy atom. The van der Waals surface area contributed by atoms with E-state index >= 15 is 0 Å². The van der Waals surface area contributed by atoms with Crippen molar-refractivity contribution in [1.82, 2.24) is 5.32 Å². The van der Waals surface area contributed by atoms with Gasteiger partial charge in [-0.05, 0) is 12.5 Å². The Morgan fingerprint density at radius 1 is 1.50 bits per heavy atom. The van der Waals surface area contributed by atoms with Crippen LogP contribution in [0.2, 0.25) is 5.02 Å². The lowest BCUT2D eigenvalue weighted by atomic mass is 10.1. The highest BCUT2D eigenvalue weighted by Crippen LogP contribution is 2.29. The van der Waals surface area contributed by atoms with Gasteiger partial charge in [-0.3, -0.25) is 4.79 Å². The van der Waals surface area contributed by atoms with E-state index in [1.54, 1.807) is 0 Å². The molecule has 1 fully saturated rings. The Morgan fingerprint density at radius 2 is 2.20 bits per heavy atom. The van der Waals surface area contributed by atoms with Gasteiger partial charge >= 0.3 is 0 Å². The van der Waals surface area contributed by atoms with Crippen LogP contribution in [0.15, 0.2) is 12.1 Å². The van der Waals surface area contributed by atoms with E-state index in [0.717, 1.165) is 0 Å². The molecule has 0 bridgehead atoms. The van der Waals surface area contributed by atoms with Gasteiger partial charge in [0.25, 0.3) is 5.91 Å². The predicted octanol–water partition coefficient (Wildman–Crippen LogP) is 0.848. The second-order valence-corrected chi connectivity index (χ2v) is 7.28. The Labute approximate surface area is 122 Å². The largest absolute Gasteiger partial charge is 0.496 e. The summed E-state index contributed by atoms with van der Waals surface area (Å²) in [5, 5.41) is 2.92. The van der Waals surface area contributed by atoms with Crippen LogP contribution in [0.1, 0.15) is 16.8 Å². The highest BCUT2D eigenvalue weighted by molar-refractivity contribution is 7.91. The molecule has 1 aliphatic rings. The number of halogens is 1. The molecule has 1 unspecified atom stereocenters. The maximum atomic E-state index is 12.2. The van der Waals surface area contributed by atoms with Gasteiger partial charge in [0, 0.05) is 12.1 Å². The predicted molar refractivity (Wildman–Crippen MR) is 76.9 cm³/mol. The van der Waals surface area contributed by atoms with Crippen LogP contribution >= 0.6 is 11.6 Å². The standard InChI is InChI=1S/C12H15ClN2O4S/c1-19-11-5-10(14)9(13)4-8(11)12(16)15-7-2-3-20(17,18)6-7/h4-5,7H,2-3,6,14H2,1H3,(H,15,16). The third kappa shape index (κ3) is 3.16. The minimum Gasteiger partial charge on any atom is -0.496 e. The first kappa shape index (κ1) is 14.9. The molecule has 1 saturated heterocycles. The van der Waals surface area contributed by atoms with E-state index in [2.05, 4.69) is 5.32 Å². The van der Waals surface area contributed by atoms with E-state index in [4.69, 9.17) is 22.1 Å². The number of nitrogens with two attached hydrogens (primary N) is 1. The number of hydrogen-bond donors (Lipinski definition) is 2. The van der Waals surface area contributed by atoms with Crippen molar-refractivity contribution in [2.45, 2.75) is 12.5 Å². The molecular weight excluding hydrogens is 304 g/mol. The summed E-state index contributed by atoms with van der Waals surface area (Å²) in [5.74, 6) is -0.0717. The molecule has 1 heterocycles. The SMILES string of the molecule is COc1cc(N)c(Cl)cc1C(=O)NC1CCS(=O)(=O)C1. The summed E-state index contributed by atoms with van der Waals surface area (Å²) in [4.78, 5) is 12.2. The normalized spacial score (nSPS) is 20.6. The molecule has 2 rings (SSSR count). The van der Waals surface area contributed by atoms with Gasteiger partial charge in [-0.1, -0.05) is 11.6 Å². The lowest BCUT2D eigenvalue weighted by Crippen LogP contribution is -2.35. The van der Waals surface area contributed by atoms with Crippen LogP contribution < -0.4 is 15.8 Å². The second kappa shape index (κ2) is 5.49. The molecule has 1 aliphatic heterocycles. The van der Waals surface area contributed by atoms with E-state index in [9.17, 15) is 13.2 Å². The highest BCUT2D eigenvalue weighted by Gasteiger charge is 2.29. The fourth-order valence-electron chi connectivity index (χ4n) is 2.09. The zero-order valence-corrected chi connectivity index (χ0v) is 12.4. The molecular formula is C12H15ClN2O4S. The summed E-state index contributed by atoms with van der Waals surface area (Å²) < 4.78 is 27.8. The number of anilines is 1. The summed E-state index contributed by atoms with van der Waals surface area (Å²) in [6.45, 7) is 0. The summed E-state index contributed by atoms with van der Waals surface area (Å²) in [6, 6.07) is 2.49. The van der Waals surface area contributed by atoms with Crippen molar-refractivity contribution in [3.8, 4) is 5.75 Å². The lowest BCUT2D eigenvalue weighted by molar-refractivity contribution is 0.0938. The number of amides is 1. The van der Waals surface area contributed by atoms with Gasteiger partial charge in [0.05, 0.1) is 34.9 Å². The summed E-state index contributed by atoms with van der Waals surface area (Å²) >= 11 is 5.89. The van der Waals surface area contributed by atoms with Gasteiger partial charge in [-0.25, -0.2) is 8.42 Å². The van der Waals surface area contributed by atoms with E-state index in [-0.39, 0.29) is 28.1 Å². The van der Waals surface area contributed by atoms with Crippen molar-refractivity contribution in [3.05, 3.63) is 22.7 Å². The van der Waals surface area contributed by atoms with E-state index in [1.165, 1.54) is 19.2 Å². The van der Waals surface area contributed by atoms with Crippen LogP contribution in [0.5, 0.6) is 5.75 Å². The Balaban J connectivity index is 2.19. The molecule has 1 aromatic rings. The maximum Gasteiger partial charge on any atom is 0.255 e. The molecule has 1 aromatic carbocycles. The smallest absolute Gasteiger partial charge is 0.255 e. The number of rotatable bonds is 3. The maximum absolute atomic E-state index is 12.2. The molecule has 110 valence electrons. The molecule has 0 aliphatic carbocycles. The number of hydrogen-bond acceptors (Lipinski definition) is 5. The first-order valence-corrected chi connectivity index (χ1v) is 8.16. The van der Waals surface area contributed by atoms with Crippen molar-refractivity contribution in [2.75, 3.05) is 24.3 Å². The number of nitrogen functional groups attached to an aromatic ring is 1. The van der Waals surface area contributed by atoms with Gasteiger partial charge in [-0.2, -0.15) is 0 Å². The monoisotopic (exact) mass is 318 g/mol. The van der Waals surface area contributed by atoms with Crippen LogP contribution in [0.25, 0.3) is 0 Å². The highest BCUT2D eigenvalue weighted by atomic mass is 35.5. The average molecular weight is 319 g/mol. The number of carbonyl (C=O) groups excluding carboxylic acids is 1. The zero-order chi connectivity index (χ0) is 14.9. The zero-order valence-electron chi connectivity index (χ0n) is 10.8. The molecule has 1 amide bonds. The van der Waals surface area contributed by atoms with Crippen LogP contribution in [-0.2, 0) is 9.84 Å². The van der Waals surface area contributed by atoms with Crippen LogP contribution in [-0.4, -0.2) is 39.0 Å². The molecule has 20 heavy (non-hydrogen) atoms. The Kier molecular flexibility index (Phi) is 4.10. The van der Waals surface area contributed by atoms with Crippen LogP contribution in [0, 0.1) is 0 Å². The number of benzene rings is 1. The van der Waals surface area contributed by atoms with Crippen molar-refractivity contribution in [2.24, 2.45) is 0 Å². The first-order chi connectivity index (χ1) is 9.32. The van der Waals surface area contributed by atoms with Crippen molar-refractivity contribution < 1.29 is 17.9 Å². The quantitative estimate of drug-likeness (QED) is 0.805. The second-order valence-electron chi connectivity index (χ2n) is 4.65. The Bertz CT molecular complexity index is 645. The van der Waals surface area contributed by atoms with Crippen molar-refractivity contribution in [3.63, 3.8) is 0 Å². The third-order valence-electron chi connectivity index (χ3n) is 3.13. The first-order valence-electron chi connectivity index (χ1n) is 5.96. The van der Waals surface area contributed by atoms with E-state index in [0.29, 0.717) is 17.9 Å². The van der Waals surface area contributed by atoms with Crippen molar-refractivity contribution in [1.29, 1.82) is 0 Å². The van der Waals surface area contributed by atoms with Gasteiger partial charge in [0.2, 0.25) is 0 Å².